The number of hydrogen-bond donors (Lipinski definition) is 0. The molecule has 1 aliphatic heterocycles. The molecule has 1 aromatic heterocycles. The lowest BCUT2D eigenvalue weighted by molar-refractivity contribution is -0.146. The molecular weight excluding hydrogens is 368 g/mol. The first-order valence-corrected chi connectivity index (χ1v) is 9.58. The van der Waals surface area contributed by atoms with Crippen molar-refractivity contribution in [2.75, 3.05) is 18.0 Å². The summed E-state index contributed by atoms with van der Waals surface area (Å²) >= 11 is 3.73. The molecule has 0 amide bonds. The van der Waals surface area contributed by atoms with Crippen molar-refractivity contribution in [2.45, 2.75) is 60.5 Å². The van der Waals surface area contributed by atoms with Gasteiger partial charge in [0.15, 0.2) is 0 Å². The first-order chi connectivity index (χ1) is 11.2. The number of esters is 1. The lowest BCUT2D eigenvalue weighted by atomic mass is 9.90. The molecule has 2 atom stereocenters. The number of ether oxygens (including phenoxy) is 1. The third kappa shape index (κ3) is 4.50. The zero-order chi connectivity index (χ0) is 18.0. The summed E-state index contributed by atoms with van der Waals surface area (Å²) in [6, 6.07) is 0. The van der Waals surface area contributed by atoms with E-state index in [4.69, 9.17) is 4.74 Å². The SMILES string of the molecule is Cc1nc(C)c(CC(=O)OC(C)C)c(N2CC(C)CC(C)C2)c1Br. The third-order valence-electron chi connectivity index (χ3n) is 4.46. The minimum absolute atomic E-state index is 0.0989. The van der Waals surface area contributed by atoms with E-state index in [2.05, 4.69) is 39.7 Å². The van der Waals surface area contributed by atoms with E-state index in [-0.39, 0.29) is 18.5 Å². The molecule has 0 N–H and O–H groups in total. The highest BCUT2D eigenvalue weighted by atomic mass is 79.9. The Morgan fingerprint density at radius 1 is 1.25 bits per heavy atom. The molecule has 0 radical (unpaired) electrons. The van der Waals surface area contributed by atoms with Crippen LogP contribution in [0.15, 0.2) is 4.47 Å². The fourth-order valence-electron chi connectivity index (χ4n) is 3.68. The molecule has 0 spiro atoms. The molecular formula is C19H29BrN2O2. The minimum Gasteiger partial charge on any atom is -0.463 e. The summed E-state index contributed by atoms with van der Waals surface area (Å²) in [6.07, 6.45) is 1.42. The molecule has 24 heavy (non-hydrogen) atoms. The number of rotatable bonds is 4. The van der Waals surface area contributed by atoms with E-state index in [1.807, 2.05) is 27.7 Å². The summed E-state index contributed by atoms with van der Waals surface area (Å²) in [4.78, 5) is 19.3. The van der Waals surface area contributed by atoms with Crippen LogP contribution in [0, 0.1) is 25.7 Å². The summed E-state index contributed by atoms with van der Waals surface area (Å²) in [5, 5.41) is 0. The van der Waals surface area contributed by atoms with Gasteiger partial charge in [-0.3, -0.25) is 9.78 Å². The van der Waals surface area contributed by atoms with Crippen LogP contribution in [-0.2, 0) is 16.0 Å². The molecule has 0 saturated carbocycles. The van der Waals surface area contributed by atoms with Gasteiger partial charge >= 0.3 is 5.97 Å². The van der Waals surface area contributed by atoms with Crippen molar-refractivity contribution in [2.24, 2.45) is 11.8 Å². The number of carbonyl (C=O) groups is 1. The van der Waals surface area contributed by atoms with Crippen LogP contribution in [0.3, 0.4) is 0 Å². The van der Waals surface area contributed by atoms with E-state index in [1.165, 1.54) is 6.42 Å². The Hall–Kier alpha value is -1.10. The number of piperidine rings is 1. The van der Waals surface area contributed by atoms with E-state index < -0.39 is 0 Å². The highest BCUT2D eigenvalue weighted by Crippen LogP contribution is 2.37. The topological polar surface area (TPSA) is 42.4 Å². The molecule has 0 bridgehead atoms. The third-order valence-corrected chi connectivity index (χ3v) is 5.41. The first kappa shape index (κ1) is 19.2. The van der Waals surface area contributed by atoms with E-state index in [1.54, 1.807) is 0 Å². The van der Waals surface area contributed by atoms with Crippen LogP contribution in [0.25, 0.3) is 0 Å². The van der Waals surface area contributed by atoms with Gasteiger partial charge in [-0.15, -0.1) is 0 Å². The summed E-state index contributed by atoms with van der Waals surface area (Å²) in [5.74, 6) is 1.10. The van der Waals surface area contributed by atoms with Gasteiger partial charge in [0.1, 0.15) is 0 Å². The van der Waals surface area contributed by atoms with Gasteiger partial charge in [-0.25, -0.2) is 0 Å². The van der Waals surface area contributed by atoms with Crippen LogP contribution in [0.4, 0.5) is 5.69 Å². The van der Waals surface area contributed by atoms with Gasteiger partial charge in [0.25, 0.3) is 0 Å². The van der Waals surface area contributed by atoms with Gasteiger partial charge in [0, 0.05) is 24.3 Å². The van der Waals surface area contributed by atoms with Crippen LogP contribution >= 0.6 is 15.9 Å². The van der Waals surface area contributed by atoms with E-state index >= 15 is 0 Å². The number of halogens is 1. The lowest BCUT2D eigenvalue weighted by Crippen LogP contribution is -2.40. The Kier molecular flexibility index (Phi) is 6.29. The second-order valence-electron chi connectivity index (χ2n) is 7.49. The summed E-state index contributed by atoms with van der Waals surface area (Å²) in [5.41, 5.74) is 3.99. The molecule has 2 unspecified atom stereocenters. The van der Waals surface area contributed by atoms with Crippen molar-refractivity contribution in [1.29, 1.82) is 0 Å². The van der Waals surface area contributed by atoms with Gasteiger partial charge in [0.05, 0.1) is 28.4 Å². The number of hydrogen-bond acceptors (Lipinski definition) is 4. The zero-order valence-electron chi connectivity index (χ0n) is 15.6. The standard InChI is InChI=1S/C19H29BrN2O2/c1-11(2)24-17(23)8-16-14(5)21-15(6)18(20)19(16)22-9-12(3)7-13(4)10-22/h11-13H,7-10H2,1-6H3. The molecule has 4 nitrogen and oxygen atoms in total. The molecule has 5 heteroatoms. The van der Waals surface area contributed by atoms with Gasteiger partial charge in [0.2, 0.25) is 0 Å². The Bertz CT molecular complexity index is 606. The second kappa shape index (κ2) is 7.85. The summed E-state index contributed by atoms with van der Waals surface area (Å²) < 4.78 is 6.36. The number of pyridine rings is 1. The van der Waals surface area contributed by atoms with Crippen LogP contribution < -0.4 is 4.90 Å². The van der Waals surface area contributed by atoms with Gasteiger partial charge in [-0.05, 0) is 61.9 Å². The molecule has 0 aliphatic carbocycles. The number of aromatic nitrogens is 1. The Labute approximate surface area is 154 Å². The molecule has 1 aromatic rings. The van der Waals surface area contributed by atoms with Crippen molar-refractivity contribution in [3.05, 3.63) is 21.4 Å². The Morgan fingerprint density at radius 3 is 2.38 bits per heavy atom. The number of anilines is 1. The average molecular weight is 397 g/mol. The van der Waals surface area contributed by atoms with Crippen LogP contribution in [0.2, 0.25) is 0 Å². The second-order valence-corrected chi connectivity index (χ2v) is 8.28. The van der Waals surface area contributed by atoms with Crippen molar-refractivity contribution in [1.82, 2.24) is 4.98 Å². The summed E-state index contributed by atoms with van der Waals surface area (Å²) in [6.45, 7) is 14.4. The molecule has 2 rings (SSSR count). The molecule has 2 heterocycles. The number of nitrogens with zero attached hydrogens (tertiary/aromatic N) is 2. The number of carbonyl (C=O) groups excluding carboxylic acids is 1. The maximum absolute atomic E-state index is 12.3. The smallest absolute Gasteiger partial charge is 0.310 e. The molecule has 1 fully saturated rings. The normalized spacial score (nSPS) is 21.2. The Morgan fingerprint density at radius 2 is 1.83 bits per heavy atom. The Balaban J connectivity index is 2.42. The molecule has 1 aliphatic rings. The maximum Gasteiger partial charge on any atom is 0.310 e. The van der Waals surface area contributed by atoms with Crippen LogP contribution in [0.1, 0.15) is 51.1 Å². The minimum atomic E-state index is -0.190. The van der Waals surface area contributed by atoms with Crippen molar-refractivity contribution < 1.29 is 9.53 Å². The van der Waals surface area contributed by atoms with Gasteiger partial charge < -0.3 is 9.64 Å². The first-order valence-electron chi connectivity index (χ1n) is 8.79. The monoisotopic (exact) mass is 396 g/mol. The summed E-state index contributed by atoms with van der Waals surface area (Å²) in [7, 11) is 0. The quantitative estimate of drug-likeness (QED) is 0.705. The largest absolute Gasteiger partial charge is 0.463 e. The van der Waals surface area contributed by atoms with E-state index in [0.29, 0.717) is 11.8 Å². The predicted octanol–water partition coefficient (Wildman–Crippen LogP) is 4.44. The maximum atomic E-state index is 12.3. The predicted molar refractivity (Wildman–Crippen MR) is 102 cm³/mol. The van der Waals surface area contributed by atoms with E-state index in [9.17, 15) is 4.79 Å². The van der Waals surface area contributed by atoms with Crippen LogP contribution in [0.5, 0.6) is 0 Å². The average Bonchev–Trinajstić information content (AvgIpc) is 2.43. The number of aryl methyl sites for hydroxylation is 2. The lowest BCUT2D eigenvalue weighted by Gasteiger charge is -2.38. The highest BCUT2D eigenvalue weighted by Gasteiger charge is 2.28. The van der Waals surface area contributed by atoms with Crippen LogP contribution in [-0.4, -0.2) is 30.1 Å². The van der Waals surface area contributed by atoms with Crippen molar-refractivity contribution >= 4 is 27.6 Å². The molecule has 0 aromatic carbocycles. The van der Waals surface area contributed by atoms with Crippen molar-refractivity contribution in [3.63, 3.8) is 0 Å². The fraction of sp³-hybridized carbons (Fsp3) is 0.684. The highest BCUT2D eigenvalue weighted by molar-refractivity contribution is 9.10. The van der Waals surface area contributed by atoms with Gasteiger partial charge in [-0.2, -0.15) is 0 Å². The molecule has 1 saturated heterocycles. The van der Waals surface area contributed by atoms with Gasteiger partial charge in [-0.1, -0.05) is 13.8 Å². The van der Waals surface area contributed by atoms with Crippen molar-refractivity contribution in [3.8, 4) is 0 Å². The zero-order valence-corrected chi connectivity index (χ0v) is 17.2. The van der Waals surface area contributed by atoms with E-state index in [0.717, 1.165) is 40.2 Å². The molecule has 134 valence electrons. The fourth-order valence-corrected chi connectivity index (χ4v) is 4.26.